The molecule has 1 rings (SSSR count). The maximum absolute atomic E-state index is 10.9. The number of hydrogen-bond donors (Lipinski definition) is 2. The summed E-state index contributed by atoms with van der Waals surface area (Å²) in [6.07, 6.45) is 1.21. The largest absolute Gasteiger partial charge is 0.506 e. The number of halogens is 2. The van der Waals surface area contributed by atoms with Gasteiger partial charge >= 0.3 is 0 Å². The van der Waals surface area contributed by atoms with Crippen LogP contribution in [-0.4, -0.2) is 32.1 Å². The van der Waals surface area contributed by atoms with E-state index < -0.39 is 9.84 Å². The van der Waals surface area contributed by atoms with Gasteiger partial charge in [0, 0.05) is 19.3 Å². The molecule has 0 aromatic heterocycles. The Hall–Kier alpha value is -0.110. The Morgan fingerprint density at radius 2 is 1.82 bits per heavy atom. The molecule has 0 atom stereocenters. The first-order valence-electron chi connectivity index (χ1n) is 4.85. The summed E-state index contributed by atoms with van der Waals surface area (Å²) in [6, 6.07) is 3.57. The normalized spacial score (nSPS) is 11.7. The van der Waals surface area contributed by atoms with Gasteiger partial charge in [-0.15, -0.1) is 0 Å². The monoisotopic (exact) mass is 385 g/mol. The van der Waals surface area contributed by atoms with Gasteiger partial charge in [-0.1, -0.05) is 0 Å². The van der Waals surface area contributed by atoms with Crippen LogP contribution in [0, 0.1) is 0 Å². The summed E-state index contributed by atoms with van der Waals surface area (Å²) in [4.78, 5) is 0. The van der Waals surface area contributed by atoms with E-state index in [1.165, 1.54) is 6.26 Å². The predicted octanol–water partition coefficient (Wildman–Crippen LogP) is 2.05. The van der Waals surface area contributed by atoms with Crippen LogP contribution in [0.1, 0.15) is 5.56 Å². The minimum Gasteiger partial charge on any atom is -0.506 e. The lowest BCUT2D eigenvalue weighted by Crippen LogP contribution is -2.21. The van der Waals surface area contributed by atoms with E-state index in [1.807, 2.05) is 0 Å². The zero-order valence-corrected chi connectivity index (χ0v) is 13.2. The van der Waals surface area contributed by atoms with Crippen molar-refractivity contribution >= 4 is 41.7 Å². The molecule has 0 amide bonds. The first-order valence-corrected chi connectivity index (χ1v) is 8.49. The van der Waals surface area contributed by atoms with E-state index in [-0.39, 0.29) is 11.5 Å². The maximum atomic E-state index is 10.9. The molecule has 0 aliphatic rings. The Kier molecular flexibility index (Phi) is 5.43. The highest BCUT2D eigenvalue weighted by molar-refractivity contribution is 9.11. The number of phenolic OH excluding ortho intramolecular Hbond substituents is 1. The summed E-state index contributed by atoms with van der Waals surface area (Å²) in [5.41, 5.74) is 0.954. The third kappa shape index (κ3) is 5.37. The second-order valence-corrected chi connectivity index (χ2v) is 7.68. The van der Waals surface area contributed by atoms with Gasteiger partial charge in [0.15, 0.2) is 0 Å². The molecule has 0 unspecified atom stereocenters. The van der Waals surface area contributed by atoms with Crippen LogP contribution < -0.4 is 5.32 Å². The minimum absolute atomic E-state index is 0.118. The van der Waals surface area contributed by atoms with E-state index in [2.05, 4.69) is 37.2 Å². The molecular formula is C10H13Br2NO3S. The molecule has 1 aromatic rings. The molecule has 0 radical (unpaired) electrons. The lowest BCUT2D eigenvalue weighted by molar-refractivity contribution is 0.468. The number of phenols is 1. The first kappa shape index (κ1) is 14.9. The zero-order valence-electron chi connectivity index (χ0n) is 9.20. The summed E-state index contributed by atoms with van der Waals surface area (Å²) < 4.78 is 23.0. The SMILES string of the molecule is CS(=O)(=O)CCNCc1cc(Br)c(O)c(Br)c1. The Balaban J connectivity index is 2.53. The summed E-state index contributed by atoms with van der Waals surface area (Å²) in [7, 11) is -2.92. The Morgan fingerprint density at radius 3 is 2.29 bits per heavy atom. The van der Waals surface area contributed by atoms with Crippen molar-refractivity contribution in [1.29, 1.82) is 0 Å². The number of rotatable bonds is 5. The molecule has 17 heavy (non-hydrogen) atoms. The van der Waals surface area contributed by atoms with E-state index in [4.69, 9.17) is 0 Å². The molecule has 7 heteroatoms. The number of nitrogens with one attached hydrogen (secondary N) is 1. The van der Waals surface area contributed by atoms with Crippen molar-refractivity contribution in [1.82, 2.24) is 5.32 Å². The van der Waals surface area contributed by atoms with Gasteiger partial charge in [0.05, 0.1) is 14.7 Å². The van der Waals surface area contributed by atoms with Crippen LogP contribution in [-0.2, 0) is 16.4 Å². The van der Waals surface area contributed by atoms with Crippen LogP contribution >= 0.6 is 31.9 Å². The van der Waals surface area contributed by atoms with Crippen LogP contribution in [0.4, 0.5) is 0 Å². The van der Waals surface area contributed by atoms with Crippen LogP contribution in [0.5, 0.6) is 5.75 Å². The summed E-state index contributed by atoms with van der Waals surface area (Å²) >= 11 is 6.47. The highest BCUT2D eigenvalue weighted by atomic mass is 79.9. The standard InChI is InChI=1S/C10H13Br2NO3S/c1-17(15,16)3-2-13-6-7-4-8(11)10(14)9(12)5-7/h4-5,13-14H,2-3,6H2,1H3. The van der Waals surface area contributed by atoms with Gasteiger partial charge in [0.1, 0.15) is 15.6 Å². The molecule has 0 heterocycles. The van der Waals surface area contributed by atoms with Crippen LogP contribution in [0.15, 0.2) is 21.1 Å². The van der Waals surface area contributed by atoms with Crippen molar-refractivity contribution < 1.29 is 13.5 Å². The van der Waals surface area contributed by atoms with Gasteiger partial charge in [-0.05, 0) is 49.6 Å². The molecule has 4 nitrogen and oxygen atoms in total. The molecule has 1 aromatic carbocycles. The molecule has 0 saturated heterocycles. The van der Waals surface area contributed by atoms with Crippen LogP contribution in [0.2, 0.25) is 0 Å². The predicted molar refractivity (Wildman–Crippen MR) is 74.9 cm³/mol. The van der Waals surface area contributed by atoms with E-state index >= 15 is 0 Å². The van der Waals surface area contributed by atoms with Gasteiger partial charge in [-0.3, -0.25) is 0 Å². The fourth-order valence-electron chi connectivity index (χ4n) is 1.21. The first-order chi connectivity index (χ1) is 7.79. The third-order valence-corrected chi connectivity index (χ3v) is 4.21. The second-order valence-electron chi connectivity index (χ2n) is 3.71. The second kappa shape index (κ2) is 6.17. The number of sulfone groups is 1. The van der Waals surface area contributed by atoms with E-state index in [0.717, 1.165) is 5.56 Å². The van der Waals surface area contributed by atoms with Gasteiger partial charge in [0.2, 0.25) is 0 Å². The van der Waals surface area contributed by atoms with E-state index in [9.17, 15) is 13.5 Å². The summed E-state index contributed by atoms with van der Waals surface area (Å²) in [6.45, 7) is 0.960. The Morgan fingerprint density at radius 1 is 1.29 bits per heavy atom. The quantitative estimate of drug-likeness (QED) is 0.760. The van der Waals surface area contributed by atoms with Gasteiger partial charge < -0.3 is 10.4 Å². The highest BCUT2D eigenvalue weighted by Crippen LogP contribution is 2.33. The molecule has 0 aliphatic heterocycles. The summed E-state index contributed by atoms with van der Waals surface area (Å²) in [5.74, 6) is 0.276. The van der Waals surface area contributed by atoms with Crippen molar-refractivity contribution in [3.8, 4) is 5.75 Å². The third-order valence-electron chi connectivity index (χ3n) is 2.06. The minimum atomic E-state index is -2.92. The van der Waals surface area contributed by atoms with Gasteiger partial charge in [0.25, 0.3) is 0 Å². The lowest BCUT2D eigenvalue weighted by atomic mass is 10.2. The lowest BCUT2D eigenvalue weighted by Gasteiger charge is -2.07. The van der Waals surface area contributed by atoms with Crippen molar-refractivity contribution in [2.24, 2.45) is 0 Å². The number of hydrogen-bond acceptors (Lipinski definition) is 4. The van der Waals surface area contributed by atoms with Crippen LogP contribution in [0.25, 0.3) is 0 Å². The average molecular weight is 387 g/mol. The van der Waals surface area contributed by atoms with Gasteiger partial charge in [-0.25, -0.2) is 8.42 Å². The topological polar surface area (TPSA) is 66.4 Å². The molecule has 0 aliphatic carbocycles. The van der Waals surface area contributed by atoms with Crippen LogP contribution in [0.3, 0.4) is 0 Å². The molecule has 2 N–H and O–H groups in total. The molecule has 0 fully saturated rings. The van der Waals surface area contributed by atoms with Crippen molar-refractivity contribution in [3.63, 3.8) is 0 Å². The fraction of sp³-hybridized carbons (Fsp3) is 0.400. The Labute approximate surface area is 118 Å². The van der Waals surface area contributed by atoms with E-state index in [1.54, 1.807) is 12.1 Å². The van der Waals surface area contributed by atoms with Crippen molar-refractivity contribution in [3.05, 3.63) is 26.6 Å². The number of benzene rings is 1. The molecule has 0 saturated carbocycles. The maximum Gasteiger partial charge on any atom is 0.148 e. The highest BCUT2D eigenvalue weighted by Gasteiger charge is 2.06. The van der Waals surface area contributed by atoms with Crippen molar-refractivity contribution in [2.75, 3.05) is 18.6 Å². The van der Waals surface area contributed by atoms with Crippen molar-refractivity contribution in [2.45, 2.75) is 6.54 Å². The molecule has 0 bridgehead atoms. The smallest absolute Gasteiger partial charge is 0.148 e. The molecule has 0 spiro atoms. The Bertz CT molecular complexity index is 479. The zero-order chi connectivity index (χ0) is 13.1. The summed E-state index contributed by atoms with van der Waals surface area (Å²) in [5, 5.41) is 12.5. The molecule has 96 valence electrons. The van der Waals surface area contributed by atoms with Gasteiger partial charge in [-0.2, -0.15) is 0 Å². The molecular weight excluding hydrogens is 374 g/mol. The fourth-order valence-corrected chi connectivity index (χ4v) is 3.01. The average Bonchev–Trinajstić information content (AvgIpc) is 2.19. The van der Waals surface area contributed by atoms with E-state index in [0.29, 0.717) is 22.0 Å². The number of aromatic hydroxyl groups is 1.